The Hall–Kier alpha value is -0.0800. The van der Waals surface area contributed by atoms with Gasteiger partial charge in [0.05, 0.1) is 0 Å². The molecule has 0 saturated carbocycles. The van der Waals surface area contributed by atoms with Crippen LogP contribution < -0.4 is 0 Å². The smallest absolute Gasteiger partial charge is 0.0247 e. The SMILES string of the molecule is [2H]C([2H])([2H])C1CN(C)CCN1C(C)(C)C. The Morgan fingerprint density at radius 1 is 1.33 bits per heavy atom. The molecule has 0 aliphatic carbocycles. The number of likely N-dealkylation sites (N-methyl/N-ethyl adjacent to an activating group) is 1. The van der Waals surface area contributed by atoms with Gasteiger partial charge >= 0.3 is 0 Å². The van der Waals surface area contributed by atoms with Crippen LogP contribution in [0.5, 0.6) is 0 Å². The van der Waals surface area contributed by atoms with Crippen molar-refractivity contribution in [1.82, 2.24) is 9.80 Å². The van der Waals surface area contributed by atoms with Gasteiger partial charge in [-0.1, -0.05) is 0 Å². The maximum Gasteiger partial charge on any atom is 0.0247 e. The lowest BCUT2D eigenvalue weighted by atomic mass is 10.0. The average Bonchev–Trinajstić information content (AvgIpc) is 2.00. The summed E-state index contributed by atoms with van der Waals surface area (Å²) in [6.07, 6.45) is 0. The zero-order valence-electron chi connectivity index (χ0n) is 11.6. The van der Waals surface area contributed by atoms with Crippen LogP contribution in [-0.4, -0.2) is 48.1 Å². The summed E-state index contributed by atoms with van der Waals surface area (Å²) >= 11 is 0. The van der Waals surface area contributed by atoms with Crippen LogP contribution in [0, 0.1) is 0 Å². The molecule has 0 aromatic carbocycles. The minimum atomic E-state index is -1.89. The summed E-state index contributed by atoms with van der Waals surface area (Å²) in [5.41, 5.74) is -0.0691. The molecule has 1 rings (SSSR count). The lowest BCUT2D eigenvalue weighted by Gasteiger charge is -2.45. The van der Waals surface area contributed by atoms with Crippen molar-refractivity contribution < 1.29 is 4.11 Å². The Morgan fingerprint density at radius 3 is 2.50 bits per heavy atom. The summed E-state index contributed by atoms with van der Waals surface area (Å²) in [5.74, 6) is 0. The molecule has 1 aliphatic rings. The summed E-state index contributed by atoms with van der Waals surface area (Å²) in [5, 5.41) is 0. The second kappa shape index (κ2) is 3.35. The van der Waals surface area contributed by atoms with E-state index in [4.69, 9.17) is 4.11 Å². The van der Waals surface area contributed by atoms with E-state index in [0.717, 1.165) is 13.1 Å². The van der Waals surface area contributed by atoms with Gasteiger partial charge in [0.2, 0.25) is 0 Å². The number of rotatable bonds is 0. The van der Waals surface area contributed by atoms with Crippen molar-refractivity contribution in [2.45, 2.75) is 39.2 Å². The third-order valence-corrected chi connectivity index (χ3v) is 2.45. The third-order valence-electron chi connectivity index (χ3n) is 2.45. The second-order valence-electron chi connectivity index (χ2n) is 4.64. The lowest BCUT2D eigenvalue weighted by Crippen LogP contribution is -2.57. The quantitative estimate of drug-likeness (QED) is 0.546. The van der Waals surface area contributed by atoms with Crippen molar-refractivity contribution in [3.8, 4) is 0 Å². The van der Waals surface area contributed by atoms with Crippen LogP contribution in [0.2, 0.25) is 0 Å². The van der Waals surface area contributed by atoms with Gasteiger partial charge in [0.15, 0.2) is 0 Å². The number of hydrogen-bond acceptors (Lipinski definition) is 2. The van der Waals surface area contributed by atoms with Gasteiger partial charge in [0.25, 0.3) is 0 Å². The van der Waals surface area contributed by atoms with E-state index in [-0.39, 0.29) is 11.6 Å². The molecule has 1 saturated heterocycles. The summed E-state index contributed by atoms with van der Waals surface area (Å²) in [6.45, 7) is 6.77. The van der Waals surface area contributed by atoms with Crippen molar-refractivity contribution in [3.63, 3.8) is 0 Å². The van der Waals surface area contributed by atoms with E-state index in [1.807, 2.05) is 7.05 Å². The molecule has 0 bridgehead atoms. The van der Waals surface area contributed by atoms with Gasteiger partial charge in [0, 0.05) is 35.3 Å². The lowest BCUT2D eigenvalue weighted by molar-refractivity contribution is 0.0275. The van der Waals surface area contributed by atoms with Crippen LogP contribution >= 0.6 is 0 Å². The maximum absolute atomic E-state index is 7.59. The molecule has 72 valence electrons. The first-order chi connectivity index (χ1) is 6.62. The Kier molecular flexibility index (Phi) is 1.78. The summed E-state index contributed by atoms with van der Waals surface area (Å²) in [4.78, 5) is 4.21. The number of piperazine rings is 1. The Balaban J connectivity index is 2.85. The third kappa shape index (κ3) is 2.20. The molecule has 1 unspecified atom stereocenters. The van der Waals surface area contributed by atoms with Crippen molar-refractivity contribution in [2.24, 2.45) is 0 Å². The predicted octanol–water partition coefficient (Wildman–Crippen LogP) is 1.42. The van der Waals surface area contributed by atoms with Gasteiger partial charge < -0.3 is 4.90 Å². The molecule has 2 nitrogen and oxygen atoms in total. The topological polar surface area (TPSA) is 6.48 Å². The van der Waals surface area contributed by atoms with E-state index in [1.54, 1.807) is 0 Å². The fourth-order valence-corrected chi connectivity index (χ4v) is 1.72. The molecule has 1 heterocycles. The van der Waals surface area contributed by atoms with Crippen LogP contribution in [0.1, 0.15) is 31.7 Å². The summed E-state index contributed by atoms with van der Waals surface area (Å²) in [6, 6.07) is -0.337. The van der Waals surface area contributed by atoms with E-state index >= 15 is 0 Å². The van der Waals surface area contributed by atoms with E-state index in [0.29, 0.717) is 6.54 Å². The van der Waals surface area contributed by atoms with Crippen LogP contribution in [-0.2, 0) is 0 Å². The molecule has 1 aliphatic heterocycles. The second-order valence-corrected chi connectivity index (χ2v) is 4.64. The summed E-state index contributed by atoms with van der Waals surface area (Å²) < 4.78 is 22.8. The Morgan fingerprint density at radius 2 is 2.00 bits per heavy atom. The van der Waals surface area contributed by atoms with Crippen molar-refractivity contribution >= 4 is 0 Å². The largest absolute Gasteiger partial charge is 0.304 e. The van der Waals surface area contributed by atoms with Gasteiger partial charge in [-0.2, -0.15) is 0 Å². The average molecular weight is 173 g/mol. The highest BCUT2D eigenvalue weighted by Crippen LogP contribution is 2.19. The highest BCUT2D eigenvalue weighted by atomic mass is 15.3. The molecule has 0 spiro atoms. The van der Waals surface area contributed by atoms with Crippen molar-refractivity contribution in [3.05, 3.63) is 0 Å². The van der Waals surface area contributed by atoms with Gasteiger partial charge in [-0.3, -0.25) is 4.90 Å². The molecule has 0 amide bonds. The highest BCUT2D eigenvalue weighted by molar-refractivity contribution is 4.86. The van der Waals surface area contributed by atoms with Gasteiger partial charge in [-0.05, 0) is 34.7 Å². The van der Waals surface area contributed by atoms with E-state index < -0.39 is 6.85 Å². The molecule has 2 heteroatoms. The standard InChI is InChI=1S/C10H22N2/c1-9-8-11(5)6-7-12(9)10(2,3)4/h9H,6-8H2,1-5H3/i1D3. The van der Waals surface area contributed by atoms with Crippen LogP contribution in [0.4, 0.5) is 0 Å². The fourth-order valence-electron chi connectivity index (χ4n) is 1.72. The van der Waals surface area contributed by atoms with E-state index in [2.05, 4.69) is 30.6 Å². The zero-order chi connectivity index (χ0) is 11.9. The number of hydrogen-bond donors (Lipinski definition) is 0. The van der Waals surface area contributed by atoms with E-state index in [1.165, 1.54) is 0 Å². The minimum absolute atomic E-state index is 0.0691. The molecule has 0 radical (unpaired) electrons. The molecule has 12 heavy (non-hydrogen) atoms. The maximum atomic E-state index is 7.59. The molecule has 0 aromatic rings. The molecule has 1 fully saturated rings. The highest BCUT2D eigenvalue weighted by Gasteiger charge is 2.29. The van der Waals surface area contributed by atoms with Gasteiger partial charge in [-0.15, -0.1) is 0 Å². The Labute approximate surface area is 80.8 Å². The van der Waals surface area contributed by atoms with Crippen LogP contribution in [0.15, 0.2) is 0 Å². The zero-order valence-corrected chi connectivity index (χ0v) is 8.59. The molecule has 1 atom stereocenters. The first-order valence-electron chi connectivity index (χ1n) is 6.07. The first kappa shape index (κ1) is 6.39. The molecular weight excluding hydrogens is 148 g/mol. The van der Waals surface area contributed by atoms with Gasteiger partial charge in [-0.25, -0.2) is 0 Å². The Bertz CT molecular complexity index is 220. The molecule has 0 N–H and O–H groups in total. The van der Waals surface area contributed by atoms with Crippen LogP contribution in [0.3, 0.4) is 0 Å². The fraction of sp³-hybridized carbons (Fsp3) is 1.00. The first-order valence-corrected chi connectivity index (χ1v) is 4.57. The molecular formula is C10H22N2. The monoisotopic (exact) mass is 173 g/mol. The predicted molar refractivity (Wildman–Crippen MR) is 53.4 cm³/mol. The number of nitrogens with zero attached hydrogens (tertiary/aromatic N) is 2. The normalized spacial score (nSPS) is 34.0. The van der Waals surface area contributed by atoms with Crippen molar-refractivity contribution in [2.75, 3.05) is 26.7 Å². The van der Waals surface area contributed by atoms with Crippen LogP contribution in [0.25, 0.3) is 0 Å². The summed E-state index contributed by atoms with van der Waals surface area (Å²) in [7, 11) is 1.98. The minimum Gasteiger partial charge on any atom is -0.304 e. The molecule has 0 aromatic heterocycles. The van der Waals surface area contributed by atoms with E-state index in [9.17, 15) is 0 Å². The van der Waals surface area contributed by atoms with Crippen molar-refractivity contribution in [1.29, 1.82) is 0 Å². The van der Waals surface area contributed by atoms with Gasteiger partial charge in [0.1, 0.15) is 0 Å².